The molecule has 0 aromatic heterocycles. The van der Waals surface area contributed by atoms with Crippen LogP contribution in [0.4, 0.5) is 64.1 Å². The van der Waals surface area contributed by atoms with Crippen molar-refractivity contribution in [1.29, 1.82) is 0 Å². The van der Waals surface area contributed by atoms with Crippen molar-refractivity contribution in [3.05, 3.63) is 47.5 Å². The van der Waals surface area contributed by atoms with Crippen LogP contribution in [0.25, 0.3) is 0 Å². The van der Waals surface area contributed by atoms with Crippen LogP contribution in [0.1, 0.15) is 17.5 Å². The molecule has 0 saturated heterocycles. The zero-order chi connectivity index (χ0) is 26.9. The molecule has 0 saturated carbocycles. The van der Waals surface area contributed by atoms with Crippen molar-refractivity contribution in [2.45, 2.75) is 36.5 Å². The lowest BCUT2D eigenvalue weighted by molar-refractivity contribution is -0.288. The molecule has 16 heteroatoms. The largest absolute Gasteiger partial charge is 0.506 e. The van der Waals surface area contributed by atoms with Gasteiger partial charge in [0.2, 0.25) is 5.41 Å². The van der Waals surface area contributed by atoms with Crippen LogP contribution in [0, 0.1) is 0 Å². The first-order valence-corrected chi connectivity index (χ1v) is 8.48. The van der Waals surface area contributed by atoms with Gasteiger partial charge in [-0.2, -0.15) is 52.7 Å². The van der Waals surface area contributed by atoms with Crippen LogP contribution < -0.4 is 11.5 Å². The molecule has 0 atom stereocenters. The molecular formula is C18H14F12N2O2. The molecule has 34 heavy (non-hydrogen) atoms. The summed E-state index contributed by atoms with van der Waals surface area (Å²) in [5.41, 5.74) is 2.33. The third-order valence-corrected chi connectivity index (χ3v) is 4.17. The molecule has 0 heterocycles. The normalized spacial score (nSPS) is 13.3. The van der Waals surface area contributed by atoms with Crippen molar-refractivity contribution in [3.8, 4) is 11.5 Å². The maximum absolute atomic E-state index is 13.8. The molecule has 0 fully saturated rings. The second-order valence-electron chi connectivity index (χ2n) is 6.70. The van der Waals surface area contributed by atoms with E-state index in [2.05, 4.69) is 0 Å². The summed E-state index contributed by atoms with van der Waals surface area (Å²) < 4.78 is 148. The van der Waals surface area contributed by atoms with Crippen LogP contribution in [-0.2, 0) is 5.41 Å². The average Bonchev–Trinajstić information content (AvgIpc) is 2.56. The monoisotopic (exact) mass is 518 g/mol. The molecule has 0 radical (unpaired) electrons. The summed E-state index contributed by atoms with van der Waals surface area (Å²) in [7, 11) is 0. The lowest BCUT2D eigenvalue weighted by Gasteiger charge is -2.38. The van der Waals surface area contributed by atoms with Crippen molar-refractivity contribution in [1.82, 2.24) is 0 Å². The molecule has 0 aliphatic rings. The number of anilines is 2. The molecule has 192 valence electrons. The summed E-state index contributed by atoms with van der Waals surface area (Å²) in [6.07, 6.45) is -24.6. The molecule has 2 aromatic rings. The molecule has 0 aliphatic carbocycles. The number of rotatable bonds is 2. The molecule has 0 bridgehead atoms. The van der Waals surface area contributed by atoms with Crippen molar-refractivity contribution in [2.75, 3.05) is 11.5 Å². The number of phenolic OH excluding ortho intramolecular Hbond substituents is 2. The van der Waals surface area contributed by atoms with Crippen LogP contribution >= 0.6 is 0 Å². The summed E-state index contributed by atoms with van der Waals surface area (Å²) in [6, 6.07) is 3.05. The van der Waals surface area contributed by atoms with Crippen LogP contribution in [0.15, 0.2) is 36.4 Å². The highest BCUT2D eigenvalue weighted by Crippen LogP contribution is 2.57. The zero-order valence-corrected chi connectivity index (χ0v) is 16.3. The van der Waals surface area contributed by atoms with E-state index < -0.39 is 70.5 Å². The van der Waals surface area contributed by atoms with Gasteiger partial charge >= 0.3 is 24.7 Å². The molecule has 0 unspecified atom stereocenters. The Morgan fingerprint density at radius 1 is 0.559 bits per heavy atom. The smallest absolute Gasteiger partial charge is 0.411 e. The Kier molecular flexibility index (Phi) is 7.81. The van der Waals surface area contributed by atoms with Gasteiger partial charge in [-0.05, 0) is 35.4 Å². The lowest BCUT2D eigenvalue weighted by Crippen LogP contribution is -2.54. The maximum atomic E-state index is 13.8. The van der Waals surface area contributed by atoms with Crippen molar-refractivity contribution >= 4 is 11.4 Å². The van der Waals surface area contributed by atoms with Gasteiger partial charge in [-0.25, -0.2) is 0 Å². The van der Waals surface area contributed by atoms with Gasteiger partial charge in [0.25, 0.3) is 0 Å². The first kappa shape index (κ1) is 28.8. The number of nitrogens with two attached hydrogens (primary N) is 2. The summed E-state index contributed by atoms with van der Waals surface area (Å²) in [5.74, 6) is -1.32. The fourth-order valence-corrected chi connectivity index (χ4v) is 2.78. The Morgan fingerprint density at radius 2 is 0.853 bits per heavy atom. The van der Waals surface area contributed by atoms with Gasteiger partial charge < -0.3 is 21.7 Å². The number of nitrogen functional groups attached to an aromatic ring is 2. The summed E-state index contributed by atoms with van der Waals surface area (Å²) in [4.78, 5) is 0. The standard InChI is InChI=1S/C15H12F6N2O2.C3H2F6/c16-14(17,18)13(15(19,20)21,7-1-3-11(24)9(22)5-7)8-2-4-12(25)10(23)6-8;4-2(5,6)1-3(7,8)9/h1-6,24-25H,22-23H2;1H2. The SMILES string of the molecule is FC(F)(F)CC(F)(F)F.Nc1cc(C(c2ccc(O)c(N)c2)(C(F)(F)F)C(F)(F)F)ccc1O. The molecule has 2 rings (SSSR count). The van der Waals surface area contributed by atoms with Crippen LogP contribution in [0.3, 0.4) is 0 Å². The quantitative estimate of drug-likeness (QED) is 0.217. The number of hydrogen-bond acceptors (Lipinski definition) is 4. The van der Waals surface area contributed by atoms with E-state index in [4.69, 9.17) is 11.5 Å². The highest BCUT2D eigenvalue weighted by atomic mass is 19.4. The third-order valence-electron chi connectivity index (χ3n) is 4.17. The number of phenols is 2. The van der Waals surface area contributed by atoms with Gasteiger partial charge in [0.15, 0.2) is 0 Å². The van der Waals surface area contributed by atoms with Gasteiger partial charge in [-0.15, -0.1) is 0 Å². The van der Waals surface area contributed by atoms with E-state index in [1.807, 2.05) is 0 Å². The Morgan fingerprint density at radius 3 is 1.03 bits per heavy atom. The highest BCUT2D eigenvalue weighted by molar-refractivity contribution is 5.61. The fraction of sp³-hybridized carbons (Fsp3) is 0.333. The maximum Gasteiger partial charge on any atom is 0.411 e. The molecule has 2 aromatic carbocycles. The second-order valence-corrected chi connectivity index (χ2v) is 6.70. The fourth-order valence-electron chi connectivity index (χ4n) is 2.78. The summed E-state index contributed by atoms with van der Waals surface area (Å²) >= 11 is 0. The van der Waals surface area contributed by atoms with E-state index >= 15 is 0 Å². The topological polar surface area (TPSA) is 92.5 Å². The van der Waals surface area contributed by atoms with Gasteiger partial charge in [0.05, 0.1) is 11.4 Å². The van der Waals surface area contributed by atoms with E-state index in [0.717, 1.165) is 0 Å². The number of halogens is 12. The Balaban J connectivity index is 0.000000546. The molecular weight excluding hydrogens is 504 g/mol. The minimum atomic E-state index is -5.82. The van der Waals surface area contributed by atoms with Gasteiger partial charge in [-0.1, -0.05) is 12.1 Å². The third kappa shape index (κ3) is 6.44. The van der Waals surface area contributed by atoms with Crippen LogP contribution in [0.2, 0.25) is 0 Å². The molecule has 4 nitrogen and oxygen atoms in total. The predicted octanol–water partition coefficient (Wildman–Crippen LogP) is 6.17. The lowest BCUT2D eigenvalue weighted by atomic mass is 9.72. The molecule has 0 spiro atoms. The summed E-state index contributed by atoms with van der Waals surface area (Å²) in [6.45, 7) is 0. The average molecular weight is 518 g/mol. The first-order chi connectivity index (χ1) is 15.0. The van der Waals surface area contributed by atoms with Gasteiger partial charge in [0, 0.05) is 0 Å². The van der Waals surface area contributed by atoms with Gasteiger partial charge in [0.1, 0.15) is 17.9 Å². The van der Waals surface area contributed by atoms with Crippen molar-refractivity contribution in [2.24, 2.45) is 0 Å². The van der Waals surface area contributed by atoms with E-state index in [1.165, 1.54) is 0 Å². The highest BCUT2D eigenvalue weighted by Gasteiger charge is 2.72. The van der Waals surface area contributed by atoms with Gasteiger partial charge in [-0.3, -0.25) is 0 Å². The minimum absolute atomic E-state index is 0.402. The Labute approximate surface area is 182 Å². The van der Waals surface area contributed by atoms with E-state index in [9.17, 15) is 62.9 Å². The second kappa shape index (κ2) is 9.21. The van der Waals surface area contributed by atoms with Crippen LogP contribution in [0.5, 0.6) is 11.5 Å². The zero-order valence-electron chi connectivity index (χ0n) is 16.3. The predicted molar refractivity (Wildman–Crippen MR) is 94.7 cm³/mol. The van der Waals surface area contributed by atoms with E-state index in [0.29, 0.717) is 36.4 Å². The summed E-state index contributed by atoms with van der Waals surface area (Å²) in [5, 5.41) is 18.7. The first-order valence-electron chi connectivity index (χ1n) is 8.48. The van der Waals surface area contributed by atoms with E-state index in [1.54, 1.807) is 0 Å². The Hall–Kier alpha value is -3.20. The molecule has 0 amide bonds. The van der Waals surface area contributed by atoms with E-state index in [-0.39, 0.29) is 0 Å². The number of benzene rings is 2. The number of hydrogen-bond donors (Lipinski definition) is 4. The Bertz CT molecular complexity index is 915. The van der Waals surface area contributed by atoms with Crippen molar-refractivity contribution in [3.63, 3.8) is 0 Å². The van der Waals surface area contributed by atoms with Crippen molar-refractivity contribution < 1.29 is 62.9 Å². The van der Waals surface area contributed by atoms with Crippen LogP contribution in [-0.4, -0.2) is 34.9 Å². The minimum Gasteiger partial charge on any atom is -0.506 e. The molecule has 6 N–H and O–H groups in total. The number of aromatic hydroxyl groups is 2. The molecule has 0 aliphatic heterocycles. The number of alkyl halides is 12.